The normalized spacial score (nSPS) is 11.7. The number of amides is 1. The van der Waals surface area contributed by atoms with Crippen molar-refractivity contribution >= 4 is 45.0 Å². The van der Waals surface area contributed by atoms with E-state index < -0.39 is 17.1 Å². The number of rotatable bonds is 6. The molecule has 4 aromatic rings. The molecular formula is C23H18FN3O3S2. The Balaban J connectivity index is 1.49. The number of benzene rings is 3. The maximum absolute atomic E-state index is 13.2. The van der Waals surface area contributed by atoms with Gasteiger partial charge in [-0.05, 0) is 55.5 Å². The highest BCUT2D eigenvalue weighted by atomic mass is 32.2. The maximum Gasteiger partial charge on any atom is 0.266 e. The minimum atomic E-state index is -2.38. The molecule has 0 spiro atoms. The standard InChI is InChI=1S/C23H18FN3O3S2/c1-15-2-4-16(5-3-15)21-14-31-23(25-21)26-22(28)17-6-10-19(11-7-17)27(32(29)30)20-12-8-18(24)9-13-20/h2-14H,1H3,(H,29,30)(H,25,26,28). The molecule has 1 amide bonds. The van der Waals surface area contributed by atoms with E-state index in [0.29, 0.717) is 22.1 Å². The molecular weight excluding hydrogens is 449 g/mol. The second kappa shape index (κ2) is 9.39. The molecule has 32 heavy (non-hydrogen) atoms. The van der Waals surface area contributed by atoms with Crippen molar-refractivity contribution < 1.29 is 17.9 Å². The van der Waals surface area contributed by atoms with E-state index in [2.05, 4.69) is 10.3 Å². The number of halogens is 1. The van der Waals surface area contributed by atoms with Gasteiger partial charge < -0.3 is 0 Å². The molecule has 4 rings (SSSR count). The van der Waals surface area contributed by atoms with Gasteiger partial charge in [-0.3, -0.25) is 14.7 Å². The Morgan fingerprint density at radius 3 is 2.19 bits per heavy atom. The van der Waals surface area contributed by atoms with Crippen LogP contribution in [0, 0.1) is 12.7 Å². The molecule has 0 radical (unpaired) electrons. The lowest BCUT2D eigenvalue weighted by Crippen LogP contribution is -2.19. The van der Waals surface area contributed by atoms with Crippen LogP contribution in [-0.4, -0.2) is 19.7 Å². The zero-order chi connectivity index (χ0) is 22.7. The van der Waals surface area contributed by atoms with E-state index >= 15 is 0 Å². The quantitative estimate of drug-likeness (QED) is 0.352. The van der Waals surface area contributed by atoms with E-state index in [-0.39, 0.29) is 5.91 Å². The average Bonchev–Trinajstić information content (AvgIpc) is 3.24. The van der Waals surface area contributed by atoms with Crippen molar-refractivity contribution in [3.63, 3.8) is 0 Å². The predicted octanol–water partition coefficient (Wildman–Crippen LogP) is 5.78. The summed E-state index contributed by atoms with van der Waals surface area (Å²) >= 11 is -1.05. The topological polar surface area (TPSA) is 82.5 Å². The number of carbonyl (C=O) groups is 1. The predicted molar refractivity (Wildman–Crippen MR) is 126 cm³/mol. The second-order valence-electron chi connectivity index (χ2n) is 6.91. The number of carbonyl (C=O) groups excluding carboxylic acids is 1. The lowest BCUT2D eigenvalue weighted by molar-refractivity contribution is 0.102. The minimum absolute atomic E-state index is 0.343. The smallest absolute Gasteiger partial charge is 0.266 e. The average molecular weight is 468 g/mol. The zero-order valence-electron chi connectivity index (χ0n) is 16.9. The van der Waals surface area contributed by atoms with Crippen molar-refractivity contribution in [2.75, 3.05) is 9.62 Å². The van der Waals surface area contributed by atoms with E-state index in [0.717, 1.165) is 21.1 Å². The summed E-state index contributed by atoms with van der Waals surface area (Å²) < 4.78 is 35.8. The number of nitrogens with zero attached hydrogens (tertiary/aromatic N) is 2. The summed E-state index contributed by atoms with van der Waals surface area (Å²) in [5.74, 6) is -0.794. The summed E-state index contributed by atoms with van der Waals surface area (Å²) in [5.41, 5.74) is 3.99. The van der Waals surface area contributed by atoms with E-state index in [4.69, 9.17) is 0 Å². The van der Waals surface area contributed by atoms with Gasteiger partial charge in [-0.15, -0.1) is 11.3 Å². The third-order valence-electron chi connectivity index (χ3n) is 4.65. The molecule has 0 saturated heterocycles. The van der Waals surface area contributed by atoms with Crippen molar-refractivity contribution in [3.05, 3.63) is 95.1 Å². The number of nitrogens with one attached hydrogen (secondary N) is 1. The van der Waals surface area contributed by atoms with Crippen LogP contribution in [0.2, 0.25) is 0 Å². The van der Waals surface area contributed by atoms with E-state index in [1.54, 1.807) is 24.3 Å². The Morgan fingerprint density at radius 2 is 1.59 bits per heavy atom. The molecule has 6 nitrogen and oxygen atoms in total. The number of thiazole rings is 1. The third kappa shape index (κ3) is 4.91. The van der Waals surface area contributed by atoms with Crippen LogP contribution in [0.5, 0.6) is 0 Å². The minimum Gasteiger partial charge on any atom is -0.298 e. The zero-order valence-corrected chi connectivity index (χ0v) is 18.5. The van der Waals surface area contributed by atoms with Gasteiger partial charge in [-0.1, -0.05) is 29.8 Å². The fourth-order valence-corrected chi connectivity index (χ4v) is 4.33. The van der Waals surface area contributed by atoms with Gasteiger partial charge in [0.05, 0.1) is 17.1 Å². The first-order valence-electron chi connectivity index (χ1n) is 9.51. The largest absolute Gasteiger partial charge is 0.298 e. The summed E-state index contributed by atoms with van der Waals surface area (Å²) in [5, 5.41) is 5.12. The highest BCUT2D eigenvalue weighted by Crippen LogP contribution is 2.28. The van der Waals surface area contributed by atoms with Gasteiger partial charge >= 0.3 is 0 Å². The SMILES string of the molecule is Cc1ccc(-c2csc(NC(=O)c3ccc(N(c4ccc(F)cc4)S(=O)O)cc3)n2)cc1. The van der Waals surface area contributed by atoms with Crippen molar-refractivity contribution in [2.45, 2.75) is 6.92 Å². The van der Waals surface area contributed by atoms with Crippen LogP contribution in [0.4, 0.5) is 20.9 Å². The van der Waals surface area contributed by atoms with Crippen LogP contribution in [0.15, 0.2) is 78.2 Å². The van der Waals surface area contributed by atoms with Crippen LogP contribution in [0.3, 0.4) is 0 Å². The van der Waals surface area contributed by atoms with Gasteiger partial charge in [0.1, 0.15) is 5.82 Å². The lowest BCUT2D eigenvalue weighted by Gasteiger charge is -2.20. The first-order chi connectivity index (χ1) is 15.4. The molecule has 0 saturated carbocycles. The van der Waals surface area contributed by atoms with Crippen molar-refractivity contribution in [1.82, 2.24) is 4.98 Å². The summed E-state index contributed by atoms with van der Waals surface area (Å²) in [6.07, 6.45) is 0. The Morgan fingerprint density at radius 1 is 1.00 bits per heavy atom. The third-order valence-corrected chi connectivity index (χ3v) is 6.15. The molecule has 0 fully saturated rings. The van der Waals surface area contributed by atoms with E-state index in [1.165, 1.54) is 35.6 Å². The van der Waals surface area contributed by atoms with Gasteiger partial charge in [-0.25, -0.2) is 17.9 Å². The Bertz CT molecular complexity index is 1260. The van der Waals surface area contributed by atoms with E-state index in [9.17, 15) is 17.9 Å². The summed E-state index contributed by atoms with van der Waals surface area (Å²) in [6, 6.07) is 19.4. The molecule has 0 aliphatic heterocycles. The van der Waals surface area contributed by atoms with E-state index in [1.807, 2.05) is 36.6 Å². The van der Waals surface area contributed by atoms with Gasteiger partial charge in [-0.2, -0.15) is 0 Å². The van der Waals surface area contributed by atoms with Gasteiger partial charge in [0.2, 0.25) is 0 Å². The molecule has 3 aromatic carbocycles. The summed E-state index contributed by atoms with van der Waals surface area (Å²) in [6.45, 7) is 2.01. The molecule has 9 heteroatoms. The number of aryl methyl sites for hydroxylation is 1. The number of hydrogen-bond acceptors (Lipinski definition) is 4. The summed E-state index contributed by atoms with van der Waals surface area (Å²) in [7, 11) is 0. The Hall–Kier alpha value is -3.40. The number of hydrogen-bond donors (Lipinski definition) is 2. The molecule has 1 heterocycles. The molecule has 1 unspecified atom stereocenters. The van der Waals surface area contributed by atoms with Crippen molar-refractivity contribution in [1.29, 1.82) is 0 Å². The van der Waals surface area contributed by atoms with Crippen molar-refractivity contribution in [3.8, 4) is 11.3 Å². The number of anilines is 3. The molecule has 162 valence electrons. The molecule has 0 bridgehead atoms. The monoisotopic (exact) mass is 467 g/mol. The van der Waals surface area contributed by atoms with Gasteiger partial charge in [0, 0.05) is 16.5 Å². The number of aromatic nitrogens is 1. The second-order valence-corrected chi connectivity index (χ2v) is 8.59. The molecule has 1 atom stereocenters. The van der Waals surface area contributed by atoms with Crippen molar-refractivity contribution in [2.24, 2.45) is 0 Å². The van der Waals surface area contributed by atoms with Crippen LogP contribution in [0.1, 0.15) is 15.9 Å². The van der Waals surface area contributed by atoms with Gasteiger partial charge in [0.15, 0.2) is 5.13 Å². The fourth-order valence-electron chi connectivity index (χ4n) is 3.01. The summed E-state index contributed by atoms with van der Waals surface area (Å²) in [4.78, 5) is 17.1. The maximum atomic E-state index is 13.2. The van der Waals surface area contributed by atoms with Crippen LogP contribution < -0.4 is 9.62 Å². The Kier molecular flexibility index (Phi) is 6.40. The molecule has 1 aromatic heterocycles. The van der Waals surface area contributed by atoms with Gasteiger partial charge in [0.25, 0.3) is 17.2 Å². The fraction of sp³-hybridized carbons (Fsp3) is 0.0435. The molecule has 0 aliphatic carbocycles. The molecule has 2 N–H and O–H groups in total. The Labute approximate surface area is 190 Å². The lowest BCUT2D eigenvalue weighted by atomic mass is 10.1. The van der Waals surface area contributed by atoms with Crippen LogP contribution in [-0.2, 0) is 11.3 Å². The molecule has 0 aliphatic rings. The van der Waals surface area contributed by atoms with Crippen LogP contribution in [0.25, 0.3) is 11.3 Å². The first kappa shape index (κ1) is 21.8. The highest BCUT2D eigenvalue weighted by molar-refractivity contribution is 7.81. The first-order valence-corrected chi connectivity index (χ1v) is 11.5. The van der Waals surface area contributed by atoms with Crippen LogP contribution >= 0.6 is 11.3 Å². The highest BCUT2D eigenvalue weighted by Gasteiger charge is 2.16.